The fourth-order valence-electron chi connectivity index (χ4n) is 4.76. The van der Waals surface area contributed by atoms with E-state index in [1.807, 2.05) is 6.26 Å². The molecule has 120 valence electrons. The molecule has 0 spiro atoms. The predicted molar refractivity (Wildman–Crippen MR) is 81.0 cm³/mol. The Morgan fingerprint density at radius 1 is 1.18 bits per heavy atom. The van der Waals surface area contributed by atoms with Gasteiger partial charge in [0, 0.05) is 10.8 Å². The molecule has 3 rings (SSSR count). The van der Waals surface area contributed by atoms with Gasteiger partial charge in [-0.2, -0.15) is 0 Å². The van der Waals surface area contributed by atoms with Gasteiger partial charge in [-0.3, -0.25) is 14.4 Å². The van der Waals surface area contributed by atoms with E-state index in [4.69, 9.17) is 9.47 Å². The van der Waals surface area contributed by atoms with Gasteiger partial charge in [0.25, 0.3) is 0 Å². The SMILES string of the molecule is COC(=O)C1(C(=O)OC)CC2=C(SC)C(=O)[C@H]3CCC[C@H]1[C@@H]23. The number of allylic oxidation sites excluding steroid dienone is 2. The van der Waals surface area contributed by atoms with Crippen LogP contribution in [0.5, 0.6) is 0 Å². The lowest BCUT2D eigenvalue weighted by Crippen LogP contribution is -2.47. The maximum absolute atomic E-state index is 12.5. The quantitative estimate of drug-likeness (QED) is 0.584. The van der Waals surface area contributed by atoms with Crippen LogP contribution in [0.3, 0.4) is 0 Å². The highest BCUT2D eigenvalue weighted by atomic mass is 32.2. The first-order valence-electron chi connectivity index (χ1n) is 7.51. The Balaban J connectivity index is 2.16. The summed E-state index contributed by atoms with van der Waals surface area (Å²) in [6.45, 7) is 0. The largest absolute Gasteiger partial charge is 0.468 e. The highest BCUT2D eigenvalue weighted by Gasteiger charge is 2.67. The molecule has 3 atom stereocenters. The number of carbonyl (C=O) groups excluding carboxylic acids is 3. The Bertz CT molecular complexity index is 563. The zero-order valence-electron chi connectivity index (χ0n) is 13.0. The Hall–Kier alpha value is -1.30. The van der Waals surface area contributed by atoms with Crippen molar-refractivity contribution in [1.29, 1.82) is 0 Å². The molecule has 3 aliphatic rings. The molecular weight excluding hydrogens is 304 g/mol. The predicted octanol–water partition coefficient (Wildman–Crippen LogP) is 1.95. The normalized spacial score (nSPS) is 32.0. The molecule has 0 aliphatic heterocycles. The monoisotopic (exact) mass is 324 g/mol. The van der Waals surface area contributed by atoms with Crippen LogP contribution < -0.4 is 0 Å². The van der Waals surface area contributed by atoms with Crippen molar-refractivity contribution < 1.29 is 23.9 Å². The van der Waals surface area contributed by atoms with Gasteiger partial charge in [-0.05, 0) is 42.9 Å². The van der Waals surface area contributed by atoms with Crippen molar-refractivity contribution in [3.05, 3.63) is 10.5 Å². The maximum atomic E-state index is 12.5. The number of rotatable bonds is 3. The summed E-state index contributed by atoms with van der Waals surface area (Å²) in [7, 11) is 2.60. The molecule has 0 bridgehead atoms. The first kappa shape index (κ1) is 15.6. The highest BCUT2D eigenvalue weighted by Crippen LogP contribution is 2.63. The molecule has 0 aromatic carbocycles. The molecular formula is C16H20O5S. The lowest BCUT2D eigenvalue weighted by molar-refractivity contribution is -0.174. The van der Waals surface area contributed by atoms with Gasteiger partial charge in [0.05, 0.1) is 14.2 Å². The summed E-state index contributed by atoms with van der Waals surface area (Å²) < 4.78 is 9.92. The maximum Gasteiger partial charge on any atom is 0.323 e. The van der Waals surface area contributed by atoms with Crippen LogP contribution in [0.15, 0.2) is 10.5 Å². The molecule has 0 radical (unpaired) electrons. The van der Waals surface area contributed by atoms with Crippen LogP contribution in [0.2, 0.25) is 0 Å². The lowest BCUT2D eigenvalue weighted by atomic mass is 9.66. The molecule has 22 heavy (non-hydrogen) atoms. The molecule has 0 unspecified atom stereocenters. The summed E-state index contributed by atoms with van der Waals surface area (Å²) in [5.41, 5.74) is -0.299. The molecule has 0 aromatic heterocycles. The third-order valence-corrected chi connectivity index (χ3v) is 6.43. The van der Waals surface area contributed by atoms with Crippen molar-refractivity contribution in [3.8, 4) is 0 Å². The van der Waals surface area contributed by atoms with E-state index in [0.29, 0.717) is 0 Å². The molecule has 5 nitrogen and oxygen atoms in total. The van der Waals surface area contributed by atoms with E-state index in [1.54, 1.807) is 0 Å². The Morgan fingerprint density at radius 2 is 1.82 bits per heavy atom. The summed E-state index contributed by atoms with van der Waals surface area (Å²) in [5, 5.41) is 0. The smallest absolute Gasteiger partial charge is 0.323 e. The van der Waals surface area contributed by atoms with Crippen LogP contribution in [-0.4, -0.2) is 38.2 Å². The average Bonchev–Trinajstić information content (AvgIpc) is 3.03. The number of hydrogen-bond acceptors (Lipinski definition) is 6. The number of esters is 2. The van der Waals surface area contributed by atoms with Gasteiger partial charge >= 0.3 is 11.9 Å². The molecule has 0 aromatic rings. The van der Waals surface area contributed by atoms with Gasteiger partial charge < -0.3 is 9.47 Å². The van der Waals surface area contributed by atoms with Gasteiger partial charge in [-0.25, -0.2) is 0 Å². The van der Waals surface area contributed by atoms with Crippen molar-refractivity contribution in [3.63, 3.8) is 0 Å². The van der Waals surface area contributed by atoms with E-state index in [1.165, 1.54) is 26.0 Å². The number of hydrogen-bond donors (Lipinski definition) is 0. The third kappa shape index (κ3) is 1.76. The van der Waals surface area contributed by atoms with Crippen LogP contribution in [0, 0.1) is 23.2 Å². The second-order valence-corrected chi connectivity index (χ2v) is 7.04. The fraction of sp³-hybridized carbons (Fsp3) is 0.688. The molecule has 0 N–H and O–H groups in total. The second kappa shape index (κ2) is 5.41. The number of thioether (sulfide) groups is 1. The van der Waals surface area contributed by atoms with Gasteiger partial charge in [-0.15, -0.1) is 11.8 Å². The third-order valence-electron chi connectivity index (χ3n) is 5.56. The Morgan fingerprint density at radius 3 is 2.36 bits per heavy atom. The van der Waals surface area contributed by atoms with Crippen molar-refractivity contribution in [2.24, 2.45) is 23.2 Å². The number of Topliss-reactive ketones (excluding diaryl/α,β-unsaturated/α-hetero) is 1. The number of carbonyl (C=O) groups is 3. The summed E-state index contributed by atoms with van der Waals surface area (Å²) >= 11 is 1.43. The molecule has 6 heteroatoms. The minimum Gasteiger partial charge on any atom is -0.468 e. The molecule has 3 aliphatic carbocycles. The van der Waals surface area contributed by atoms with Crippen molar-refractivity contribution in [2.45, 2.75) is 25.7 Å². The number of ketones is 1. The second-order valence-electron chi connectivity index (χ2n) is 6.22. The Kier molecular flexibility index (Phi) is 3.83. The van der Waals surface area contributed by atoms with Gasteiger partial charge in [0.15, 0.2) is 11.2 Å². The van der Waals surface area contributed by atoms with Crippen molar-refractivity contribution in [2.75, 3.05) is 20.5 Å². The fourth-order valence-corrected chi connectivity index (χ4v) is 5.59. The number of methoxy groups -OCH3 is 2. The van der Waals surface area contributed by atoms with Gasteiger partial charge in [0.1, 0.15) is 0 Å². The van der Waals surface area contributed by atoms with E-state index >= 15 is 0 Å². The molecule has 0 amide bonds. The summed E-state index contributed by atoms with van der Waals surface area (Å²) in [5.74, 6) is -1.12. The zero-order valence-corrected chi connectivity index (χ0v) is 13.8. The van der Waals surface area contributed by atoms with E-state index < -0.39 is 17.4 Å². The van der Waals surface area contributed by atoms with Crippen LogP contribution in [0.25, 0.3) is 0 Å². The molecule has 2 fully saturated rings. The van der Waals surface area contributed by atoms with Crippen LogP contribution in [0.1, 0.15) is 25.7 Å². The minimum atomic E-state index is -1.27. The average molecular weight is 324 g/mol. The zero-order chi connectivity index (χ0) is 16.1. The molecule has 0 heterocycles. The summed E-state index contributed by atoms with van der Waals surface area (Å²) in [6, 6.07) is 0. The number of ether oxygens (including phenoxy) is 2. The standard InChI is InChI=1S/C16H20O5S/c1-20-14(18)16(15(19)21-2)7-9-11-8(5-4-6-10(11)16)12(17)13(9)22-3/h8,10-11H,4-7H2,1-3H3/t8-,10-,11+/m0/s1. The van der Waals surface area contributed by atoms with E-state index in [-0.39, 0.29) is 30.0 Å². The van der Waals surface area contributed by atoms with Crippen molar-refractivity contribution >= 4 is 29.5 Å². The summed E-state index contributed by atoms with van der Waals surface area (Å²) in [6.07, 6.45) is 4.58. The van der Waals surface area contributed by atoms with Crippen LogP contribution in [0.4, 0.5) is 0 Å². The first-order valence-corrected chi connectivity index (χ1v) is 8.73. The van der Waals surface area contributed by atoms with Gasteiger partial charge in [0.2, 0.25) is 0 Å². The lowest BCUT2D eigenvalue weighted by Gasteiger charge is -2.37. The van der Waals surface area contributed by atoms with Crippen LogP contribution >= 0.6 is 11.8 Å². The highest BCUT2D eigenvalue weighted by molar-refractivity contribution is 8.03. The topological polar surface area (TPSA) is 69.7 Å². The van der Waals surface area contributed by atoms with E-state index in [0.717, 1.165) is 29.7 Å². The first-order chi connectivity index (χ1) is 10.5. The minimum absolute atomic E-state index is 0.00176. The van der Waals surface area contributed by atoms with Gasteiger partial charge in [-0.1, -0.05) is 6.42 Å². The van der Waals surface area contributed by atoms with Crippen LogP contribution in [-0.2, 0) is 23.9 Å². The van der Waals surface area contributed by atoms with E-state index in [9.17, 15) is 14.4 Å². The molecule has 2 saturated carbocycles. The van der Waals surface area contributed by atoms with E-state index in [2.05, 4.69) is 0 Å². The molecule has 0 saturated heterocycles. The Labute approximate surface area is 133 Å². The van der Waals surface area contributed by atoms with Crippen molar-refractivity contribution in [1.82, 2.24) is 0 Å². The summed E-state index contributed by atoms with van der Waals surface area (Å²) in [4.78, 5) is 38.3.